The zero-order valence-corrected chi connectivity index (χ0v) is 11.1. The van der Waals surface area contributed by atoms with Crippen LogP contribution >= 0.6 is 0 Å². The van der Waals surface area contributed by atoms with Gasteiger partial charge in [-0.05, 0) is 18.9 Å². The Labute approximate surface area is 108 Å². The van der Waals surface area contributed by atoms with Crippen molar-refractivity contribution in [3.8, 4) is 0 Å². The molecule has 4 nitrogen and oxygen atoms in total. The van der Waals surface area contributed by atoms with E-state index in [0.717, 1.165) is 12.8 Å². The molecule has 100 valence electrons. The van der Waals surface area contributed by atoms with Gasteiger partial charge in [-0.3, -0.25) is 4.79 Å². The quantitative estimate of drug-likeness (QED) is 0.770. The molecule has 0 aromatic heterocycles. The highest BCUT2D eigenvalue weighted by atomic mass is 16.5. The fourth-order valence-corrected chi connectivity index (χ4v) is 1.80. The van der Waals surface area contributed by atoms with Crippen LogP contribution in [-0.2, 0) is 15.1 Å². The van der Waals surface area contributed by atoms with E-state index >= 15 is 0 Å². The molecule has 4 heteroatoms. The number of ether oxygens (including phenoxy) is 1. The summed E-state index contributed by atoms with van der Waals surface area (Å²) in [6, 6.07) is 9.10. The lowest BCUT2D eigenvalue weighted by Crippen LogP contribution is -2.53. The number of amides is 1. The average Bonchev–Trinajstić information content (AvgIpc) is 2.37. The van der Waals surface area contributed by atoms with Crippen molar-refractivity contribution < 1.29 is 9.53 Å². The van der Waals surface area contributed by atoms with Crippen LogP contribution in [0.2, 0.25) is 0 Å². The fourth-order valence-electron chi connectivity index (χ4n) is 1.80. The molecule has 18 heavy (non-hydrogen) atoms. The molecule has 0 aliphatic heterocycles. The van der Waals surface area contributed by atoms with E-state index in [0.29, 0.717) is 5.56 Å². The van der Waals surface area contributed by atoms with Crippen LogP contribution in [0.1, 0.15) is 32.3 Å². The Morgan fingerprint density at radius 3 is 2.50 bits per heavy atom. The van der Waals surface area contributed by atoms with Gasteiger partial charge in [-0.1, -0.05) is 43.7 Å². The molecule has 0 aliphatic rings. The normalized spacial score (nSPS) is 15.9. The van der Waals surface area contributed by atoms with Crippen LogP contribution in [0.25, 0.3) is 0 Å². The van der Waals surface area contributed by atoms with E-state index in [-0.39, 0.29) is 12.7 Å². The van der Waals surface area contributed by atoms with E-state index in [1.54, 1.807) is 12.1 Å². The zero-order valence-electron chi connectivity index (χ0n) is 11.1. The summed E-state index contributed by atoms with van der Waals surface area (Å²) in [6.07, 6.45) is 2.03. The van der Waals surface area contributed by atoms with Crippen LogP contribution in [0, 0.1) is 0 Å². The number of carbonyl (C=O) groups is 1. The maximum absolute atomic E-state index is 11.6. The lowest BCUT2D eigenvalue weighted by Gasteiger charge is -2.27. The first-order valence-electron chi connectivity index (χ1n) is 6.26. The van der Waals surface area contributed by atoms with Crippen LogP contribution < -0.4 is 11.5 Å². The second kappa shape index (κ2) is 6.52. The van der Waals surface area contributed by atoms with Crippen molar-refractivity contribution >= 4 is 5.91 Å². The first-order chi connectivity index (χ1) is 8.50. The standard InChI is InChI=1S/C14H22N2O2/c1-3-7-11(2)18-10-14(16,13(15)17)12-8-5-4-6-9-12/h4-6,8-9,11H,3,7,10,16H2,1-2H3,(H2,15,17). The molecule has 0 bridgehead atoms. The van der Waals surface area contributed by atoms with Crippen LogP contribution in [-0.4, -0.2) is 18.6 Å². The molecule has 0 saturated heterocycles. The van der Waals surface area contributed by atoms with Crippen molar-refractivity contribution in [1.82, 2.24) is 0 Å². The molecule has 4 N–H and O–H groups in total. The molecule has 0 saturated carbocycles. The topological polar surface area (TPSA) is 78.3 Å². The Kier molecular flexibility index (Phi) is 5.31. The van der Waals surface area contributed by atoms with Crippen LogP contribution in [0.3, 0.4) is 0 Å². The van der Waals surface area contributed by atoms with Gasteiger partial charge in [-0.15, -0.1) is 0 Å². The monoisotopic (exact) mass is 250 g/mol. The highest BCUT2D eigenvalue weighted by molar-refractivity contribution is 5.86. The van der Waals surface area contributed by atoms with Gasteiger partial charge < -0.3 is 16.2 Å². The predicted molar refractivity (Wildman–Crippen MR) is 71.8 cm³/mol. The molecule has 0 radical (unpaired) electrons. The van der Waals surface area contributed by atoms with Crippen molar-refractivity contribution in [3.63, 3.8) is 0 Å². The van der Waals surface area contributed by atoms with Gasteiger partial charge in [0, 0.05) is 0 Å². The van der Waals surface area contributed by atoms with Crippen molar-refractivity contribution in [3.05, 3.63) is 35.9 Å². The number of rotatable bonds is 7. The summed E-state index contributed by atoms with van der Waals surface area (Å²) in [5.74, 6) is -0.572. The summed E-state index contributed by atoms with van der Waals surface area (Å²) in [5, 5.41) is 0. The molecular formula is C14H22N2O2. The predicted octanol–water partition coefficient (Wildman–Crippen LogP) is 1.53. The molecule has 2 unspecified atom stereocenters. The van der Waals surface area contributed by atoms with E-state index < -0.39 is 11.4 Å². The van der Waals surface area contributed by atoms with Gasteiger partial charge >= 0.3 is 0 Å². The summed E-state index contributed by atoms with van der Waals surface area (Å²) in [4.78, 5) is 11.6. The number of nitrogens with two attached hydrogens (primary N) is 2. The number of hydrogen-bond acceptors (Lipinski definition) is 3. The minimum Gasteiger partial charge on any atom is -0.376 e. The lowest BCUT2D eigenvalue weighted by atomic mass is 9.91. The third-order valence-electron chi connectivity index (χ3n) is 3.02. The van der Waals surface area contributed by atoms with Crippen LogP contribution in [0.5, 0.6) is 0 Å². The fraction of sp³-hybridized carbons (Fsp3) is 0.500. The number of carbonyl (C=O) groups excluding carboxylic acids is 1. The Balaban J connectivity index is 2.79. The van der Waals surface area contributed by atoms with Gasteiger partial charge in [0.15, 0.2) is 0 Å². The summed E-state index contributed by atoms with van der Waals surface area (Å²) < 4.78 is 5.64. The second-order valence-corrected chi connectivity index (χ2v) is 4.61. The van der Waals surface area contributed by atoms with Gasteiger partial charge in [0.1, 0.15) is 5.54 Å². The lowest BCUT2D eigenvalue weighted by molar-refractivity contribution is -0.126. The smallest absolute Gasteiger partial charge is 0.244 e. The van der Waals surface area contributed by atoms with E-state index in [1.165, 1.54) is 0 Å². The van der Waals surface area contributed by atoms with E-state index in [9.17, 15) is 4.79 Å². The number of hydrogen-bond donors (Lipinski definition) is 2. The summed E-state index contributed by atoms with van der Waals surface area (Å²) in [7, 11) is 0. The maximum atomic E-state index is 11.6. The summed E-state index contributed by atoms with van der Waals surface area (Å²) >= 11 is 0. The van der Waals surface area contributed by atoms with E-state index in [4.69, 9.17) is 16.2 Å². The Morgan fingerprint density at radius 1 is 1.39 bits per heavy atom. The third kappa shape index (κ3) is 3.55. The van der Waals surface area contributed by atoms with E-state index in [1.807, 2.05) is 25.1 Å². The Bertz CT molecular complexity index is 381. The first kappa shape index (κ1) is 14.7. The highest BCUT2D eigenvalue weighted by Crippen LogP contribution is 2.19. The summed E-state index contributed by atoms with van der Waals surface area (Å²) in [5.41, 5.74) is 10.9. The largest absolute Gasteiger partial charge is 0.376 e. The number of primary amides is 1. The van der Waals surface area contributed by atoms with Gasteiger partial charge in [-0.25, -0.2) is 0 Å². The van der Waals surface area contributed by atoms with Crippen LogP contribution in [0.15, 0.2) is 30.3 Å². The first-order valence-corrected chi connectivity index (χ1v) is 6.26. The highest BCUT2D eigenvalue weighted by Gasteiger charge is 2.34. The SMILES string of the molecule is CCCC(C)OCC(N)(C(N)=O)c1ccccc1. The Hall–Kier alpha value is -1.39. The molecule has 1 rings (SSSR count). The average molecular weight is 250 g/mol. The minimum absolute atomic E-state index is 0.0704. The van der Waals surface area contributed by atoms with Crippen molar-refractivity contribution in [1.29, 1.82) is 0 Å². The molecular weight excluding hydrogens is 228 g/mol. The van der Waals surface area contributed by atoms with Gasteiger partial charge in [-0.2, -0.15) is 0 Å². The Morgan fingerprint density at radius 2 is 2.00 bits per heavy atom. The van der Waals surface area contributed by atoms with Crippen molar-refractivity contribution in [2.45, 2.75) is 38.3 Å². The minimum atomic E-state index is -1.26. The molecule has 0 spiro atoms. The summed E-state index contributed by atoms with van der Waals surface area (Å²) in [6.45, 7) is 4.16. The maximum Gasteiger partial charge on any atom is 0.244 e. The number of benzene rings is 1. The van der Waals surface area contributed by atoms with Gasteiger partial charge in [0.25, 0.3) is 0 Å². The molecule has 1 amide bonds. The molecule has 0 heterocycles. The second-order valence-electron chi connectivity index (χ2n) is 4.61. The van der Waals surface area contributed by atoms with E-state index in [2.05, 4.69) is 6.92 Å². The molecule has 0 fully saturated rings. The van der Waals surface area contributed by atoms with Crippen LogP contribution in [0.4, 0.5) is 0 Å². The van der Waals surface area contributed by atoms with Gasteiger partial charge in [0.05, 0.1) is 12.7 Å². The van der Waals surface area contributed by atoms with Crippen molar-refractivity contribution in [2.24, 2.45) is 11.5 Å². The third-order valence-corrected chi connectivity index (χ3v) is 3.02. The zero-order chi connectivity index (χ0) is 13.6. The molecule has 1 aromatic rings. The molecule has 1 aromatic carbocycles. The van der Waals surface area contributed by atoms with Crippen molar-refractivity contribution in [2.75, 3.05) is 6.61 Å². The molecule has 0 aliphatic carbocycles. The molecule has 2 atom stereocenters. The van der Waals surface area contributed by atoms with Gasteiger partial charge in [0.2, 0.25) is 5.91 Å².